The zero-order chi connectivity index (χ0) is 38.1. The molecule has 0 bridgehead atoms. The zero-order valence-corrected chi connectivity index (χ0v) is 31.3. The number of piperidine rings is 1. The van der Waals surface area contributed by atoms with E-state index in [-0.39, 0.29) is 30.2 Å². The maximum atomic E-state index is 14.0. The predicted molar refractivity (Wildman–Crippen MR) is 200 cm³/mol. The van der Waals surface area contributed by atoms with Crippen molar-refractivity contribution in [3.63, 3.8) is 0 Å². The third kappa shape index (κ3) is 8.12. The number of fused-ring (bicyclic) bond motifs is 3. The molecule has 1 aliphatic heterocycles. The lowest BCUT2D eigenvalue weighted by Gasteiger charge is -2.36. The number of ether oxygens (including phenoxy) is 1. The SMILES string of the molecule is COc1cc(C(=O)NC2CCN(C)CC2)ccc1Nc1ncc2c(n1)-c1noc(C(=O)N[C@H](CN(C(=O)O)C(C)(C)C)c3ccccc3)c1C(C)(C)C2. The van der Waals surface area contributed by atoms with Gasteiger partial charge >= 0.3 is 6.09 Å². The molecule has 2 aromatic heterocycles. The highest BCUT2D eigenvalue weighted by molar-refractivity contribution is 5.96. The van der Waals surface area contributed by atoms with Gasteiger partial charge in [0.25, 0.3) is 11.8 Å². The van der Waals surface area contributed by atoms with Gasteiger partial charge in [-0.1, -0.05) is 49.3 Å². The van der Waals surface area contributed by atoms with Crippen molar-refractivity contribution in [1.82, 2.24) is 35.6 Å². The summed E-state index contributed by atoms with van der Waals surface area (Å²) in [5.74, 6) is 0.0910. The van der Waals surface area contributed by atoms with E-state index in [0.29, 0.717) is 40.4 Å². The molecule has 1 aliphatic carbocycles. The van der Waals surface area contributed by atoms with Gasteiger partial charge in [-0.25, -0.2) is 14.8 Å². The van der Waals surface area contributed by atoms with E-state index < -0.39 is 29.0 Å². The Morgan fingerprint density at radius 3 is 2.45 bits per heavy atom. The second kappa shape index (κ2) is 14.9. The minimum atomic E-state index is -1.09. The van der Waals surface area contributed by atoms with Crippen LogP contribution in [0.2, 0.25) is 0 Å². The summed E-state index contributed by atoms with van der Waals surface area (Å²) in [5, 5.41) is 23.8. The second-order valence-electron chi connectivity index (χ2n) is 15.5. The first-order chi connectivity index (χ1) is 25.1. The van der Waals surface area contributed by atoms with Crippen LogP contribution in [0.1, 0.15) is 91.1 Å². The molecule has 0 radical (unpaired) electrons. The van der Waals surface area contributed by atoms with Crippen LogP contribution in [-0.2, 0) is 11.8 Å². The summed E-state index contributed by atoms with van der Waals surface area (Å²) in [7, 11) is 3.62. The number of methoxy groups -OCH3 is 1. The maximum absolute atomic E-state index is 14.0. The van der Waals surface area contributed by atoms with Crippen molar-refractivity contribution < 1.29 is 28.8 Å². The van der Waals surface area contributed by atoms with Gasteiger partial charge in [0, 0.05) is 40.9 Å². The number of nitrogens with one attached hydrogen (secondary N) is 3. The quantitative estimate of drug-likeness (QED) is 0.156. The lowest BCUT2D eigenvalue weighted by atomic mass is 9.73. The van der Waals surface area contributed by atoms with Crippen LogP contribution < -0.4 is 20.7 Å². The maximum Gasteiger partial charge on any atom is 0.407 e. The molecule has 1 atom stereocenters. The molecular weight excluding hydrogens is 676 g/mol. The summed E-state index contributed by atoms with van der Waals surface area (Å²) < 4.78 is 11.4. The molecular formula is C39H48N8O6. The number of hydrogen-bond donors (Lipinski definition) is 4. The normalized spacial score (nSPS) is 16.1. The molecule has 14 heteroatoms. The van der Waals surface area contributed by atoms with Crippen molar-refractivity contribution in [2.24, 2.45) is 0 Å². The number of aromatic nitrogens is 3. The van der Waals surface area contributed by atoms with Gasteiger partial charge in [0.1, 0.15) is 17.1 Å². The van der Waals surface area contributed by atoms with E-state index >= 15 is 0 Å². The average molecular weight is 725 g/mol. The number of amides is 3. The molecule has 0 unspecified atom stereocenters. The molecule has 53 heavy (non-hydrogen) atoms. The van der Waals surface area contributed by atoms with Gasteiger partial charge in [-0.15, -0.1) is 0 Å². The Hall–Kier alpha value is -5.50. The van der Waals surface area contributed by atoms with E-state index in [4.69, 9.17) is 14.2 Å². The predicted octanol–water partition coefficient (Wildman–Crippen LogP) is 5.79. The van der Waals surface area contributed by atoms with E-state index in [0.717, 1.165) is 37.1 Å². The minimum absolute atomic E-state index is 0.0207. The summed E-state index contributed by atoms with van der Waals surface area (Å²) in [4.78, 5) is 52.3. The Morgan fingerprint density at radius 1 is 1.08 bits per heavy atom. The number of hydrogen-bond acceptors (Lipinski definition) is 10. The number of benzene rings is 2. The molecule has 2 aliphatic rings. The molecule has 2 aromatic carbocycles. The highest BCUT2D eigenvalue weighted by Gasteiger charge is 2.41. The molecule has 4 N–H and O–H groups in total. The first kappa shape index (κ1) is 37.3. The summed E-state index contributed by atoms with van der Waals surface area (Å²) >= 11 is 0. The number of carbonyl (C=O) groups excluding carboxylic acids is 2. The van der Waals surface area contributed by atoms with E-state index in [1.54, 1.807) is 24.4 Å². The Labute approximate surface area is 309 Å². The first-order valence-corrected chi connectivity index (χ1v) is 17.8. The Balaban J connectivity index is 1.25. The van der Waals surface area contributed by atoms with Crippen LogP contribution in [-0.4, -0.2) is 93.3 Å². The van der Waals surface area contributed by atoms with E-state index in [1.807, 2.05) is 65.0 Å². The molecule has 1 fully saturated rings. The fourth-order valence-electron chi connectivity index (χ4n) is 7.04. The first-order valence-electron chi connectivity index (χ1n) is 17.8. The van der Waals surface area contributed by atoms with Crippen molar-refractivity contribution in [3.8, 4) is 17.1 Å². The molecule has 3 heterocycles. The van der Waals surface area contributed by atoms with Crippen molar-refractivity contribution >= 4 is 29.5 Å². The Kier molecular flexibility index (Phi) is 10.4. The van der Waals surface area contributed by atoms with Gasteiger partial charge in [0.05, 0.1) is 18.8 Å². The van der Waals surface area contributed by atoms with E-state index in [1.165, 1.54) is 12.0 Å². The fraction of sp³-hybridized carbons (Fsp3) is 0.436. The number of anilines is 2. The summed E-state index contributed by atoms with van der Waals surface area (Å²) in [6.45, 7) is 11.3. The van der Waals surface area contributed by atoms with Gasteiger partial charge < -0.3 is 40.1 Å². The smallest absolute Gasteiger partial charge is 0.407 e. The van der Waals surface area contributed by atoms with E-state index in [9.17, 15) is 19.5 Å². The van der Waals surface area contributed by atoms with Crippen LogP contribution in [0.25, 0.3) is 11.4 Å². The zero-order valence-electron chi connectivity index (χ0n) is 31.3. The molecule has 0 saturated carbocycles. The lowest BCUT2D eigenvalue weighted by Crippen LogP contribution is -2.49. The molecule has 14 nitrogen and oxygen atoms in total. The number of carboxylic acid groups (broad SMARTS) is 1. The third-order valence-electron chi connectivity index (χ3n) is 9.97. The van der Waals surface area contributed by atoms with Gasteiger partial charge in [-0.3, -0.25) is 9.59 Å². The molecule has 6 rings (SSSR count). The molecule has 4 aromatic rings. The Morgan fingerprint density at radius 2 is 1.79 bits per heavy atom. The molecule has 1 saturated heterocycles. The monoisotopic (exact) mass is 724 g/mol. The van der Waals surface area contributed by atoms with Crippen LogP contribution in [0.15, 0.2) is 59.3 Å². The number of rotatable bonds is 10. The van der Waals surface area contributed by atoms with Gasteiger partial charge in [-0.05, 0) is 89.5 Å². The van der Waals surface area contributed by atoms with Crippen LogP contribution in [0.5, 0.6) is 5.75 Å². The number of nitrogens with zero attached hydrogens (tertiary/aromatic N) is 5. The van der Waals surface area contributed by atoms with Gasteiger partial charge in [0.15, 0.2) is 0 Å². The molecule has 0 spiro atoms. The number of carbonyl (C=O) groups is 3. The second-order valence-corrected chi connectivity index (χ2v) is 15.5. The molecule has 3 amide bonds. The van der Waals surface area contributed by atoms with Crippen LogP contribution >= 0.6 is 0 Å². The molecule has 280 valence electrons. The van der Waals surface area contributed by atoms with Crippen LogP contribution in [0.3, 0.4) is 0 Å². The number of likely N-dealkylation sites (tertiary alicyclic amines) is 1. The standard InChI is InChI=1S/C39H48N8O6/c1-38(2,3)47(37(50)51)22-28(23-11-9-8-10-12-23)42-35(49)33-30-32(45-53-33)31-25(20-39(30,4)5)21-40-36(44-31)43-27-14-13-24(19-29(27)52-7)34(48)41-26-15-17-46(6)18-16-26/h8-14,19,21,26,28H,15-18,20,22H2,1-7H3,(H,41,48)(H,42,49)(H,50,51)(H,40,43,44)/t28-/m1/s1. The van der Waals surface area contributed by atoms with Crippen molar-refractivity contribution in [2.75, 3.05) is 39.1 Å². The van der Waals surface area contributed by atoms with Gasteiger partial charge in [-0.2, -0.15) is 0 Å². The summed E-state index contributed by atoms with van der Waals surface area (Å²) in [5.41, 5.74) is 2.92. The fourth-order valence-corrected chi connectivity index (χ4v) is 7.04. The van der Waals surface area contributed by atoms with Crippen LogP contribution in [0.4, 0.5) is 16.4 Å². The average Bonchev–Trinajstić information content (AvgIpc) is 3.58. The lowest BCUT2D eigenvalue weighted by molar-refractivity contribution is 0.0798. The highest BCUT2D eigenvalue weighted by Crippen LogP contribution is 2.44. The highest BCUT2D eigenvalue weighted by atomic mass is 16.5. The van der Waals surface area contributed by atoms with Crippen LogP contribution in [0, 0.1) is 0 Å². The topological polar surface area (TPSA) is 175 Å². The Bertz CT molecular complexity index is 1980. The van der Waals surface area contributed by atoms with Crippen molar-refractivity contribution in [3.05, 3.63) is 82.7 Å². The van der Waals surface area contributed by atoms with E-state index in [2.05, 4.69) is 38.0 Å². The van der Waals surface area contributed by atoms with Crippen molar-refractivity contribution in [1.29, 1.82) is 0 Å². The largest absolute Gasteiger partial charge is 0.495 e. The van der Waals surface area contributed by atoms with Gasteiger partial charge in [0.2, 0.25) is 11.7 Å². The van der Waals surface area contributed by atoms with Crippen molar-refractivity contribution in [2.45, 2.75) is 76.9 Å². The minimum Gasteiger partial charge on any atom is -0.495 e. The summed E-state index contributed by atoms with van der Waals surface area (Å²) in [6, 6.07) is 13.9. The third-order valence-corrected chi connectivity index (χ3v) is 9.97. The summed E-state index contributed by atoms with van der Waals surface area (Å²) in [6.07, 6.45) is 2.97.